The Morgan fingerprint density at radius 3 is 2.57 bits per heavy atom. The van der Waals surface area contributed by atoms with Gasteiger partial charge < -0.3 is 0 Å². The van der Waals surface area contributed by atoms with E-state index in [-0.39, 0.29) is 0 Å². The number of nitrogens with zero attached hydrogens (tertiary/aromatic N) is 1. The zero-order valence-corrected chi connectivity index (χ0v) is 13.7. The molecule has 1 aromatic heterocycles. The SMILES string of the molecule is C=CCc1ccc(-c2ccc(/C=C/CCCC(C)F)cc2)nc1. The van der Waals surface area contributed by atoms with Crippen LogP contribution in [0.1, 0.15) is 37.3 Å². The number of allylic oxidation sites excluding steroid dienone is 2. The van der Waals surface area contributed by atoms with Crippen molar-refractivity contribution >= 4 is 6.08 Å². The van der Waals surface area contributed by atoms with Gasteiger partial charge >= 0.3 is 0 Å². The Kier molecular flexibility index (Phi) is 6.74. The molecule has 2 rings (SSSR count). The summed E-state index contributed by atoms with van der Waals surface area (Å²) in [6.07, 6.45) is 10.6. The maximum absolute atomic E-state index is 12.7. The topological polar surface area (TPSA) is 12.9 Å². The van der Waals surface area contributed by atoms with Crippen LogP contribution in [0.5, 0.6) is 0 Å². The van der Waals surface area contributed by atoms with E-state index in [0.29, 0.717) is 6.42 Å². The Balaban J connectivity index is 1.93. The van der Waals surface area contributed by atoms with Crippen LogP contribution < -0.4 is 0 Å². The molecule has 2 aromatic rings. The predicted octanol–water partition coefficient (Wildman–Crippen LogP) is 6.02. The van der Waals surface area contributed by atoms with Crippen LogP contribution in [0.25, 0.3) is 17.3 Å². The number of pyridine rings is 1. The summed E-state index contributed by atoms with van der Waals surface area (Å²) in [4.78, 5) is 4.50. The molecule has 0 amide bonds. The molecule has 1 atom stereocenters. The lowest BCUT2D eigenvalue weighted by atomic mass is 10.1. The lowest BCUT2D eigenvalue weighted by Gasteiger charge is -2.03. The lowest BCUT2D eigenvalue weighted by molar-refractivity contribution is 0.335. The number of hydrogen-bond acceptors (Lipinski definition) is 1. The smallest absolute Gasteiger partial charge is 0.0973 e. The Morgan fingerprint density at radius 1 is 1.17 bits per heavy atom. The van der Waals surface area contributed by atoms with Crippen molar-refractivity contribution in [2.24, 2.45) is 0 Å². The van der Waals surface area contributed by atoms with Crippen molar-refractivity contribution in [2.45, 2.75) is 38.8 Å². The van der Waals surface area contributed by atoms with Crippen LogP contribution in [0.4, 0.5) is 4.39 Å². The van der Waals surface area contributed by atoms with Gasteiger partial charge in [0, 0.05) is 11.8 Å². The van der Waals surface area contributed by atoms with Gasteiger partial charge in [0.1, 0.15) is 0 Å². The summed E-state index contributed by atoms with van der Waals surface area (Å²) >= 11 is 0. The highest BCUT2D eigenvalue weighted by Crippen LogP contribution is 2.19. The van der Waals surface area contributed by atoms with Gasteiger partial charge in [-0.1, -0.05) is 48.6 Å². The number of rotatable bonds is 8. The molecule has 1 heterocycles. The molecule has 0 fully saturated rings. The average Bonchev–Trinajstić information content (AvgIpc) is 2.56. The quantitative estimate of drug-likeness (QED) is 0.429. The van der Waals surface area contributed by atoms with Crippen molar-refractivity contribution < 1.29 is 4.39 Å². The third kappa shape index (κ3) is 5.82. The standard InChI is InChI=1S/C21H24FN/c1-3-7-19-12-15-21(23-16-19)20-13-10-18(11-14-20)9-6-4-5-8-17(2)22/h3,6,9-17H,1,4-5,7-8H2,2H3/b9-6+. The van der Waals surface area contributed by atoms with E-state index >= 15 is 0 Å². The van der Waals surface area contributed by atoms with E-state index in [1.54, 1.807) is 6.92 Å². The molecule has 0 spiro atoms. The lowest BCUT2D eigenvalue weighted by Crippen LogP contribution is -1.90. The molecule has 1 nitrogen and oxygen atoms in total. The van der Waals surface area contributed by atoms with Crippen LogP contribution in [-0.4, -0.2) is 11.2 Å². The molecule has 1 unspecified atom stereocenters. The summed E-state index contributed by atoms with van der Waals surface area (Å²) in [7, 11) is 0. The molecule has 0 N–H and O–H groups in total. The molecule has 0 aliphatic carbocycles. The summed E-state index contributed by atoms with van der Waals surface area (Å²) < 4.78 is 12.7. The van der Waals surface area contributed by atoms with Gasteiger partial charge in [0.15, 0.2) is 0 Å². The largest absolute Gasteiger partial charge is 0.256 e. The van der Waals surface area contributed by atoms with Crippen molar-refractivity contribution in [2.75, 3.05) is 0 Å². The third-order valence-electron chi connectivity index (χ3n) is 3.69. The van der Waals surface area contributed by atoms with Gasteiger partial charge in [-0.3, -0.25) is 4.98 Å². The first-order valence-electron chi connectivity index (χ1n) is 8.16. The molecule has 120 valence electrons. The Bertz CT molecular complexity index is 624. The number of benzene rings is 1. The van der Waals surface area contributed by atoms with E-state index in [0.717, 1.165) is 36.1 Å². The van der Waals surface area contributed by atoms with Crippen molar-refractivity contribution in [3.05, 3.63) is 72.5 Å². The second-order valence-electron chi connectivity index (χ2n) is 5.78. The third-order valence-corrected chi connectivity index (χ3v) is 3.69. The van der Waals surface area contributed by atoms with E-state index in [1.807, 2.05) is 18.3 Å². The van der Waals surface area contributed by atoms with Gasteiger partial charge in [-0.2, -0.15) is 0 Å². The highest BCUT2D eigenvalue weighted by molar-refractivity contribution is 5.62. The van der Waals surface area contributed by atoms with Crippen molar-refractivity contribution in [1.29, 1.82) is 0 Å². The van der Waals surface area contributed by atoms with Gasteiger partial charge in [0.2, 0.25) is 0 Å². The van der Waals surface area contributed by atoms with Gasteiger partial charge in [-0.05, 0) is 49.8 Å². The van der Waals surface area contributed by atoms with E-state index < -0.39 is 6.17 Å². The Hall–Kier alpha value is -2.22. The molecule has 0 aliphatic rings. The normalized spacial score (nSPS) is 12.4. The number of aromatic nitrogens is 1. The molecule has 1 aromatic carbocycles. The summed E-state index contributed by atoms with van der Waals surface area (Å²) in [5.74, 6) is 0. The molecular formula is C21H24FN. The van der Waals surface area contributed by atoms with Crippen molar-refractivity contribution in [3.8, 4) is 11.3 Å². The minimum Gasteiger partial charge on any atom is -0.256 e. The zero-order chi connectivity index (χ0) is 16.5. The molecule has 2 heteroatoms. The second-order valence-corrected chi connectivity index (χ2v) is 5.78. The fourth-order valence-electron chi connectivity index (χ4n) is 2.38. The number of alkyl halides is 1. The minimum atomic E-state index is -0.701. The molecule has 0 aliphatic heterocycles. The summed E-state index contributed by atoms with van der Waals surface area (Å²) in [5, 5.41) is 0. The highest BCUT2D eigenvalue weighted by atomic mass is 19.1. The van der Waals surface area contributed by atoms with Crippen LogP contribution in [0.2, 0.25) is 0 Å². The maximum Gasteiger partial charge on any atom is 0.0973 e. The van der Waals surface area contributed by atoms with Gasteiger partial charge in [-0.25, -0.2) is 4.39 Å². The highest BCUT2D eigenvalue weighted by Gasteiger charge is 1.99. The number of unbranched alkanes of at least 4 members (excludes halogenated alkanes) is 1. The average molecular weight is 309 g/mol. The summed E-state index contributed by atoms with van der Waals surface area (Å²) in [6, 6.07) is 12.5. The van der Waals surface area contributed by atoms with Crippen LogP contribution in [-0.2, 0) is 6.42 Å². The minimum absolute atomic E-state index is 0.636. The van der Waals surface area contributed by atoms with E-state index in [1.165, 1.54) is 5.56 Å². The Morgan fingerprint density at radius 2 is 1.96 bits per heavy atom. The van der Waals surface area contributed by atoms with Crippen LogP contribution >= 0.6 is 0 Å². The van der Waals surface area contributed by atoms with Gasteiger partial charge in [0.05, 0.1) is 11.9 Å². The van der Waals surface area contributed by atoms with E-state index in [4.69, 9.17) is 0 Å². The number of hydrogen-bond donors (Lipinski definition) is 0. The van der Waals surface area contributed by atoms with Crippen molar-refractivity contribution in [3.63, 3.8) is 0 Å². The van der Waals surface area contributed by atoms with Crippen LogP contribution in [0.15, 0.2) is 61.3 Å². The molecule has 0 saturated carbocycles. The number of halogens is 1. The fraction of sp³-hybridized carbons (Fsp3) is 0.286. The first-order chi connectivity index (χ1) is 11.2. The zero-order valence-electron chi connectivity index (χ0n) is 13.7. The fourth-order valence-corrected chi connectivity index (χ4v) is 2.38. The van der Waals surface area contributed by atoms with Gasteiger partial charge in [-0.15, -0.1) is 6.58 Å². The van der Waals surface area contributed by atoms with Crippen LogP contribution in [0, 0.1) is 0 Å². The summed E-state index contributed by atoms with van der Waals surface area (Å²) in [6.45, 7) is 5.35. The molecule has 23 heavy (non-hydrogen) atoms. The molecule has 0 bridgehead atoms. The summed E-state index contributed by atoms with van der Waals surface area (Å²) in [5.41, 5.74) is 4.42. The van der Waals surface area contributed by atoms with E-state index in [2.05, 4.69) is 54.0 Å². The van der Waals surface area contributed by atoms with Crippen LogP contribution in [0.3, 0.4) is 0 Å². The monoisotopic (exact) mass is 309 g/mol. The first kappa shape index (κ1) is 17.1. The maximum atomic E-state index is 12.7. The van der Waals surface area contributed by atoms with Crippen molar-refractivity contribution in [1.82, 2.24) is 4.98 Å². The predicted molar refractivity (Wildman–Crippen MR) is 97.0 cm³/mol. The van der Waals surface area contributed by atoms with E-state index in [9.17, 15) is 4.39 Å². The molecule has 0 saturated heterocycles. The second kappa shape index (κ2) is 9.04. The Labute approximate surface area is 138 Å². The van der Waals surface area contributed by atoms with Gasteiger partial charge in [0.25, 0.3) is 0 Å². The molecule has 0 radical (unpaired) electrons. The molecular weight excluding hydrogens is 285 g/mol. The first-order valence-corrected chi connectivity index (χ1v) is 8.16.